The molecule has 0 saturated carbocycles. The number of hydrogen-bond donors (Lipinski definition) is 1. The van der Waals surface area contributed by atoms with E-state index in [1.165, 1.54) is 30.2 Å². The van der Waals surface area contributed by atoms with Crippen molar-refractivity contribution >= 4 is 23.2 Å². The van der Waals surface area contributed by atoms with Crippen molar-refractivity contribution in [1.29, 1.82) is 0 Å². The number of rotatable bonds is 9. The molecule has 0 bridgehead atoms. The van der Waals surface area contributed by atoms with Crippen LogP contribution in [0.3, 0.4) is 0 Å². The number of nitrogens with zero attached hydrogens (tertiary/aromatic N) is 1. The van der Waals surface area contributed by atoms with Gasteiger partial charge in [0.2, 0.25) is 0 Å². The molecule has 0 aliphatic carbocycles. The van der Waals surface area contributed by atoms with E-state index >= 15 is 0 Å². The van der Waals surface area contributed by atoms with Gasteiger partial charge in [0.25, 0.3) is 11.8 Å². The Morgan fingerprint density at radius 3 is 2.00 bits per heavy atom. The van der Waals surface area contributed by atoms with Crippen molar-refractivity contribution in [1.82, 2.24) is 0 Å². The van der Waals surface area contributed by atoms with Crippen LogP contribution in [0.1, 0.15) is 44.3 Å². The number of methoxy groups -OCH3 is 1. The zero-order valence-corrected chi connectivity index (χ0v) is 23.5. The summed E-state index contributed by atoms with van der Waals surface area (Å²) in [5.74, 6) is -3.13. The van der Waals surface area contributed by atoms with Crippen molar-refractivity contribution < 1.29 is 58.6 Å². The van der Waals surface area contributed by atoms with Gasteiger partial charge in [0.1, 0.15) is 5.75 Å². The number of anilines is 2. The van der Waals surface area contributed by atoms with E-state index in [2.05, 4.69) is 10.1 Å². The monoisotopic (exact) mass is 636 g/mol. The Kier molecular flexibility index (Phi) is 9.80. The molecule has 0 aliphatic heterocycles. The molecule has 0 atom stereocenters. The van der Waals surface area contributed by atoms with Crippen LogP contribution in [0, 0.1) is 13.8 Å². The van der Waals surface area contributed by atoms with Crippen molar-refractivity contribution in [3.63, 3.8) is 0 Å². The topological polar surface area (TPSA) is 67.9 Å². The van der Waals surface area contributed by atoms with Crippen LogP contribution in [0.2, 0.25) is 0 Å². The Labute approximate surface area is 245 Å². The molecule has 0 aliphatic rings. The highest BCUT2D eigenvalue weighted by molar-refractivity contribution is 6.11. The fourth-order valence-corrected chi connectivity index (χ4v) is 4.38. The number of aryl methyl sites for hydroxylation is 2. The van der Waals surface area contributed by atoms with E-state index in [-0.39, 0.29) is 35.7 Å². The predicted molar refractivity (Wildman–Crippen MR) is 142 cm³/mol. The molecule has 0 heterocycles. The molecule has 3 rings (SSSR count). The van der Waals surface area contributed by atoms with E-state index in [1.54, 1.807) is 31.2 Å². The molecule has 6 nitrogen and oxygen atoms in total. The number of carbonyl (C=O) groups excluding carboxylic acids is 2. The zero-order valence-electron chi connectivity index (χ0n) is 23.5. The third-order valence-corrected chi connectivity index (χ3v) is 6.53. The number of benzene rings is 3. The first-order valence-corrected chi connectivity index (χ1v) is 12.7. The molecule has 0 radical (unpaired) electrons. The standard InChI is InChI=1S/C29H25F9N2O4/c1-5-40(25(42)17-11-9-15(2)10-12-17)20-8-6-7-19(23(20)43-4)24(41)39-22-16(3)13-18(14-21(22)44-26(30)31)27(32,28(33,34)35)29(36,37)38/h6-14,26H,5H2,1-4H3,(H,39,41). The number of amides is 2. The average molecular weight is 637 g/mol. The summed E-state index contributed by atoms with van der Waals surface area (Å²) in [7, 11) is 1.17. The maximum Gasteiger partial charge on any atom is 0.435 e. The molecule has 0 unspecified atom stereocenters. The summed E-state index contributed by atoms with van der Waals surface area (Å²) < 4.78 is 131. The number of nitrogens with one attached hydrogen (secondary N) is 1. The lowest BCUT2D eigenvalue weighted by Crippen LogP contribution is -2.50. The molecule has 3 aromatic carbocycles. The Hall–Kier alpha value is -4.43. The summed E-state index contributed by atoms with van der Waals surface area (Å²) in [6.07, 6.45) is -13.1. The Morgan fingerprint density at radius 2 is 1.50 bits per heavy atom. The summed E-state index contributed by atoms with van der Waals surface area (Å²) in [6.45, 7) is 0.644. The molecule has 44 heavy (non-hydrogen) atoms. The summed E-state index contributed by atoms with van der Waals surface area (Å²) in [4.78, 5) is 27.9. The average Bonchev–Trinajstić information content (AvgIpc) is 2.93. The molecule has 0 saturated heterocycles. The van der Waals surface area contributed by atoms with Crippen LogP contribution in [0.5, 0.6) is 11.5 Å². The zero-order chi connectivity index (χ0) is 33.2. The molecule has 2 amide bonds. The van der Waals surface area contributed by atoms with Gasteiger partial charge in [-0.2, -0.15) is 35.1 Å². The van der Waals surface area contributed by atoms with Crippen LogP contribution in [-0.2, 0) is 5.67 Å². The van der Waals surface area contributed by atoms with Crippen LogP contribution >= 0.6 is 0 Å². The quantitative estimate of drug-likeness (QED) is 0.241. The van der Waals surface area contributed by atoms with Crippen molar-refractivity contribution in [2.45, 2.75) is 45.4 Å². The van der Waals surface area contributed by atoms with Gasteiger partial charge in [-0.25, -0.2) is 4.39 Å². The van der Waals surface area contributed by atoms with Crippen molar-refractivity contribution in [3.05, 3.63) is 82.4 Å². The van der Waals surface area contributed by atoms with Crippen molar-refractivity contribution in [2.75, 3.05) is 23.9 Å². The fourth-order valence-electron chi connectivity index (χ4n) is 4.38. The molecule has 0 spiro atoms. The second-order valence-electron chi connectivity index (χ2n) is 9.43. The maximum absolute atomic E-state index is 14.7. The second-order valence-corrected chi connectivity index (χ2v) is 9.43. The van der Waals surface area contributed by atoms with Crippen LogP contribution in [-0.4, -0.2) is 44.4 Å². The Bertz CT molecular complexity index is 1510. The van der Waals surface area contributed by atoms with Gasteiger partial charge >= 0.3 is 24.6 Å². The van der Waals surface area contributed by atoms with Crippen molar-refractivity contribution in [2.24, 2.45) is 0 Å². The normalized spacial score (nSPS) is 12.2. The lowest BCUT2D eigenvalue weighted by Gasteiger charge is -2.31. The van der Waals surface area contributed by atoms with Gasteiger partial charge in [-0.15, -0.1) is 0 Å². The van der Waals surface area contributed by atoms with Gasteiger partial charge in [0, 0.05) is 17.7 Å². The molecule has 0 aromatic heterocycles. The first-order chi connectivity index (χ1) is 20.4. The van der Waals surface area contributed by atoms with E-state index in [0.29, 0.717) is 5.56 Å². The number of alkyl halides is 9. The summed E-state index contributed by atoms with van der Waals surface area (Å²) in [5.41, 5.74) is -8.44. The molecule has 238 valence electrons. The minimum Gasteiger partial charge on any atom is -0.494 e. The van der Waals surface area contributed by atoms with Crippen LogP contribution in [0.4, 0.5) is 50.9 Å². The van der Waals surface area contributed by atoms with E-state index < -0.39 is 59.0 Å². The molecular weight excluding hydrogens is 611 g/mol. The summed E-state index contributed by atoms with van der Waals surface area (Å²) in [6, 6.07) is 10.5. The van der Waals surface area contributed by atoms with Gasteiger partial charge in [-0.1, -0.05) is 23.8 Å². The smallest absolute Gasteiger partial charge is 0.435 e. The highest BCUT2D eigenvalue weighted by Gasteiger charge is 2.73. The predicted octanol–water partition coefficient (Wildman–Crippen LogP) is 8.12. The minimum absolute atomic E-state index is 0.102. The molecule has 1 N–H and O–H groups in total. The van der Waals surface area contributed by atoms with Crippen LogP contribution < -0.4 is 19.7 Å². The lowest BCUT2D eigenvalue weighted by atomic mass is 9.92. The number of halogens is 9. The molecule has 3 aromatic rings. The molecular formula is C29H25F9N2O4. The van der Waals surface area contributed by atoms with E-state index in [0.717, 1.165) is 12.5 Å². The first-order valence-electron chi connectivity index (χ1n) is 12.7. The van der Waals surface area contributed by atoms with Gasteiger partial charge in [-0.3, -0.25) is 9.59 Å². The summed E-state index contributed by atoms with van der Waals surface area (Å²) >= 11 is 0. The van der Waals surface area contributed by atoms with E-state index in [1.807, 2.05) is 6.92 Å². The van der Waals surface area contributed by atoms with Gasteiger partial charge in [0.05, 0.1) is 24.0 Å². The third kappa shape index (κ3) is 6.55. The van der Waals surface area contributed by atoms with Crippen molar-refractivity contribution in [3.8, 4) is 11.5 Å². The second kappa shape index (κ2) is 12.7. The minimum atomic E-state index is -6.53. The Morgan fingerprint density at radius 1 is 0.909 bits per heavy atom. The van der Waals surface area contributed by atoms with Gasteiger partial charge in [-0.05, 0) is 62.7 Å². The third-order valence-electron chi connectivity index (χ3n) is 6.53. The maximum atomic E-state index is 14.7. The number of hydrogen-bond acceptors (Lipinski definition) is 4. The highest BCUT2D eigenvalue weighted by Crippen LogP contribution is 2.54. The van der Waals surface area contributed by atoms with Gasteiger partial charge < -0.3 is 19.7 Å². The largest absolute Gasteiger partial charge is 0.494 e. The highest BCUT2D eigenvalue weighted by atomic mass is 19.4. The lowest BCUT2D eigenvalue weighted by molar-refractivity contribution is -0.348. The van der Waals surface area contributed by atoms with E-state index in [4.69, 9.17) is 4.74 Å². The molecule has 15 heteroatoms. The number of para-hydroxylation sites is 1. The van der Waals surface area contributed by atoms with E-state index in [9.17, 15) is 49.1 Å². The SMILES string of the molecule is CCN(C(=O)c1ccc(C)cc1)c1cccc(C(=O)Nc2c(C)cc(C(F)(C(F)(F)F)C(F)(F)F)cc2OC(F)F)c1OC. The Balaban J connectivity index is 2.11. The fraction of sp³-hybridized carbons (Fsp3) is 0.310. The van der Waals surface area contributed by atoms with Gasteiger partial charge in [0.15, 0.2) is 5.75 Å². The first kappa shape index (κ1) is 34.1. The number of ether oxygens (including phenoxy) is 2. The summed E-state index contributed by atoms with van der Waals surface area (Å²) in [5, 5.41) is 2.12. The van der Waals surface area contributed by atoms with Crippen LogP contribution in [0.15, 0.2) is 54.6 Å². The van der Waals surface area contributed by atoms with Crippen LogP contribution in [0.25, 0.3) is 0 Å². The number of carbonyl (C=O) groups is 2. The molecule has 0 fully saturated rings.